The molecule has 3 aliphatic rings. The number of rotatable bonds is 0. The normalized spacial score (nSPS) is 41.1. The molecular formula is C15H22O3. The number of esters is 2. The second-order valence-corrected chi connectivity index (χ2v) is 6.32. The summed E-state index contributed by atoms with van der Waals surface area (Å²) in [7, 11) is 0. The van der Waals surface area contributed by atoms with Crippen molar-refractivity contribution in [2.24, 2.45) is 10.8 Å². The monoisotopic (exact) mass is 250 g/mol. The van der Waals surface area contributed by atoms with E-state index in [1.165, 1.54) is 32.1 Å². The lowest BCUT2D eigenvalue weighted by Crippen LogP contribution is -2.53. The van der Waals surface area contributed by atoms with E-state index < -0.39 is 10.8 Å². The summed E-state index contributed by atoms with van der Waals surface area (Å²) in [6.07, 6.45) is 11.9. The highest BCUT2D eigenvalue weighted by atomic mass is 16.6. The van der Waals surface area contributed by atoms with Gasteiger partial charge in [0.05, 0.1) is 10.8 Å². The van der Waals surface area contributed by atoms with Gasteiger partial charge in [-0.25, -0.2) is 0 Å². The Hall–Kier alpha value is -0.860. The number of hydrogen-bond donors (Lipinski definition) is 0. The molecule has 3 heteroatoms. The Balaban J connectivity index is 1.86. The highest BCUT2D eigenvalue weighted by Crippen LogP contribution is 2.66. The van der Waals surface area contributed by atoms with Crippen LogP contribution in [0.1, 0.15) is 70.6 Å². The molecule has 2 aliphatic carbocycles. The topological polar surface area (TPSA) is 43.4 Å². The minimum Gasteiger partial charge on any atom is -0.392 e. The van der Waals surface area contributed by atoms with Crippen LogP contribution < -0.4 is 0 Å². The van der Waals surface area contributed by atoms with Gasteiger partial charge in [0.1, 0.15) is 0 Å². The molecular weight excluding hydrogens is 228 g/mol. The van der Waals surface area contributed by atoms with Crippen molar-refractivity contribution in [2.75, 3.05) is 0 Å². The van der Waals surface area contributed by atoms with Crippen LogP contribution in [0, 0.1) is 10.8 Å². The van der Waals surface area contributed by atoms with Gasteiger partial charge in [0, 0.05) is 0 Å². The van der Waals surface area contributed by atoms with Crippen LogP contribution in [-0.2, 0) is 14.3 Å². The summed E-state index contributed by atoms with van der Waals surface area (Å²) < 4.78 is 5.02. The van der Waals surface area contributed by atoms with Gasteiger partial charge >= 0.3 is 11.9 Å². The largest absolute Gasteiger partial charge is 0.392 e. The summed E-state index contributed by atoms with van der Waals surface area (Å²) >= 11 is 0. The average Bonchev–Trinajstić information content (AvgIpc) is 2.45. The molecule has 2 atom stereocenters. The Morgan fingerprint density at radius 2 is 1.00 bits per heavy atom. The fraction of sp³-hybridized carbons (Fsp3) is 0.867. The molecule has 0 aromatic heterocycles. The fourth-order valence-corrected chi connectivity index (χ4v) is 4.27. The maximum atomic E-state index is 12.1. The van der Waals surface area contributed by atoms with Crippen LogP contribution in [0.2, 0.25) is 0 Å². The molecule has 18 heavy (non-hydrogen) atoms. The van der Waals surface area contributed by atoms with Crippen LogP contribution in [0.3, 0.4) is 0 Å². The number of carbonyl (C=O) groups is 2. The van der Waals surface area contributed by atoms with Gasteiger partial charge < -0.3 is 4.74 Å². The molecule has 0 spiro atoms. The van der Waals surface area contributed by atoms with Gasteiger partial charge in [0.25, 0.3) is 0 Å². The van der Waals surface area contributed by atoms with Crippen molar-refractivity contribution in [1.82, 2.24) is 0 Å². The van der Waals surface area contributed by atoms with E-state index in [0.717, 1.165) is 38.5 Å². The summed E-state index contributed by atoms with van der Waals surface area (Å²) in [5.74, 6) is -0.420. The maximum absolute atomic E-state index is 12.1. The molecule has 0 radical (unpaired) electrons. The molecule has 100 valence electrons. The summed E-state index contributed by atoms with van der Waals surface area (Å²) in [5, 5.41) is 0. The molecule has 0 bridgehead atoms. The third kappa shape index (κ3) is 1.49. The zero-order valence-electron chi connectivity index (χ0n) is 11.0. The predicted octanol–water partition coefficient (Wildman–Crippen LogP) is 3.36. The van der Waals surface area contributed by atoms with Crippen LogP contribution in [0.5, 0.6) is 0 Å². The van der Waals surface area contributed by atoms with E-state index in [0.29, 0.717) is 0 Å². The first kappa shape index (κ1) is 12.2. The Morgan fingerprint density at radius 1 is 0.611 bits per heavy atom. The smallest absolute Gasteiger partial charge is 0.320 e. The predicted molar refractivity (Wildman–Crippen MR) is 66.8 cm³/mol. The summed E-state index contributed by atoms with van der Waals surface area (Å²) in [4.78, 5) is 24.2. The standard InChI is InChI=1S/C15H22O3/c16-12-14-8-6-4-2-1-3-5-7-9-15(14,11-10-14)13(17)18-12/h1-11H2/t14-,15-/m1/s1. The van der Waals surface area contributed by atoms with E-state index in [9.17, 15) is 9.59 Å². The van der Waals surface area contributed by atoms with Crippen molar-refractivity contribution in [2.45, 2.75) is 70.6 Å². The van der Waals surface area contributed by atoms with Crippen LogP contribution in [-0.4, -0.2) is 11.9 Å². The minimum atomic E-state index is -0.422. The number of carbonyl (C=O) groups excluding carboxylic acids is 2. The van der Waals surface area contributed by atoms with Gasteiger partial charge in [-0.15, -0.1) is 0 Å². The fourth-order valence-electron chi connectivity index (χ4n) is 4.27. The van der Waals surface area contributed by atoms with Gasteiger partial charge in [-0.2, -0.15) is 0 Å². The molecule has 3 fully saturated rings. The van der Waals surface area contributed by atoms with Crippen molar-refractivity contribution < 1.29 is 14.3 Å². The molecule has 0 N–H and O–H groups in total. The molecule has 1 saturated heterocycles. The number of ether oxygens (including phenoxy) is 1. The lowest BCUT2D eigenvalue weighted by atomic mass is 9.47. The summed E-state index contributed by atoms with van der Waals surface area (Å²) in [6, 6.07) is 0. The van der Waals surface area contributed by atoms with E-state index >= 15 is 0 Å². The van der Waals surface area contributed by atoms with Crippen molar-refractivity contribution in [3.05, 3.63) is 0 Å². The molecule has 3 rings (SSSR count). The quantitative estimate of drug-likeness (QED) is 0.489. The lowest BCUT2D eigenvalue weighted by molar-refractivity contribution is -0.155. The Kier molecular flexibility index (Phi) is 2.95. The molecule has 0 aromatic carbocycles. The SMILES string of the molecule is O=C1OC(=O)[C@]23CCCCCCCCC[C@@]12CC3. The van der Waals surface area contributed by atoms with Gasteiger partial charge in [-0.3, -0.25) is 9.59 Å². The third-order valence-electron chi connectivity index (χ3n) is 5.57. The molecule has 2 saturated carbocycles. The summed E-state index contributed by atoms with van der Waals surface area (Å²) in [6.45, 7) is 0. The zero-order chi connectivity index (χ0) is 12.6. The first-order chi connectivity index (χ1) is 8.71. The van der Waals surface area contributed by atoms with E-state index in [-0.39, 0.29) is 11.9 Å². The van der Waals surface area contributed by atoms with Crippen molar-refractivity contribution in [1.29, 1.82) is 0 Å². The van der Waals surface area contributed by atoms with E-state index in [1.807, 2.05) is 0 Å². The van der Waals surface area contributed by atoms with Crippen molar-refractivity contribution >= 4 is 11.9 Å². The zero-order valence-corrected chi connectivity index (χ0v) is 11.0. The molecule has 0 aromatic rings. The number of cyclic esters (lactones) is 2. The Bertz CT molecular complexity index is 342. The van der Waals surface area contributed by atoms with Crippen molar-refractivity contribution in [3.8, 4) is 0 Å². The second-order valence-electron chi connectivity index (χ2n) is 6.32. The third-order valence-corrected chi connectivity index (χ3v) is 5.57. The lowest BCUT2D eigenvalue weighted by Gasteiger charge is -2.50. The number of hydrogen-bond acceptors (Lipinski definition) is 3. The van der Waals surface area contributed by atoms with E-state index in [1.54, 1.807) is 0 Å². The summed E-state index contributed by atoms with van der Waals surface area (Å²) in [5.41, 5.74) is -0.844. The van der Waals surface area contributed by atoms with Crippen LogP contribution in [0.15, 0.2) is 0 Å². The molecule has 0 unspecified atom stereocenters. The van der Waals surface area contributed by atoms with E-state index in [2.05, 4.69) is 0 Å². The van der Waals surface area contributed by atoms with Gasteiger partial charge in [0.15, 0.2) is 0 Å². The van der Waals surface area contributed by atoms with Gasteiger partial charge in [0.2, 0.25) is 0 Å². The highest BCUT2D eigenvalue weighted by Gasteiger charge is 2.72. The highest BCUT2D eigenvalue weighted by molar-refractivity contribution is 6.03. The molecule has 1 aliphatic heterocycles. The van der Waals surface area contributed by atoms with Crippen LogP contribution >= 0.6 is 0 Å². The molecule has 0 amide bonds. The van der Waals surface area contributed by atoms with Crippen LogP contribution in [0.25, 0.3) is 0 Å². The molecule has 3 nitrogen and oxygen atoms in total. The van der Waals surface area contributed by atoms with Gasteiger partial charge in [-0.05, 0) is 25.7 Å². The second kappa shape index (κ2) is 4.36. The minimum absolute atomic E-state index is 0.210. The first-order valence-corrected chi connectivity index (χ1v) is 7.48. The first-order valence-electron chi connectivity index (χ1n) is 7.48. The average molecular weight is 250 g/mol. The molecule has 1 heterocycles. The van der Waals surface area contributed by atoms with Crippen molar-refractivity contribution in [3.63, 3.8) is 0 Å². The van der Waals surface area contributed by atoms with E-state index in [4.69, 9.17) is 4.74 Å². The Labute approximate surface area is 108 Å². The van der Waals surface area contributed by atoms with Gasteiger partial charge in [-0.1, -0.05) is 44.9 Å². The maximum Gasteiger partial charge on any atom is 0.320 e. The Morgan fingerprint density at radius 3 is 1.39 bits per heavy atom. The van der Waals surface area contributed by atoms with Crippen LogP contribution in [0.4, 0.5) is 0 Å².